The first-order chi connectivity index (χ1) is 17.3. The van der Waals surface area contributed by atoms with Gasteiger partial charge >= 0.3 is 5.97 Å². The summed E-state index contributed by atoms with van der Waals surface area (Å²) in [5, 5.41) is 36.3. The van der Waals surface area contributed by atoms with Crippen LogP contribution in [-0.2, 0) is 25.6 Å². The Labute approximate surface area is 214 Å². The van der Waals surface area contributed by atoms with E-state index < -0.39 is 60.1 Å². The molecule has 0 bridgehead atoms. The fraction of sp³-hybridized carbons (Fsp3) is 0.522. The van der Waals surface area contributed by atoms with Crippen molar-refractivity contribution in [2.45, 2.75) is 69.5 Å². The lowest BCUT2D eigenvalue weighted by Gasteiger charge is -2.27. The summed E-state index contributed by atoms with van der Waals surface area (Å²) in [6.07, 6.45) is -2.34. The summed E-state index contributed by atoms with van der Waals surface area (Å²) in [5.74, 6) is -4.04. The van der Waals surface area contributed by atoms with E-state index in [9.17, 15) is 34.5 Å². The number of guanidine groups is 1. The first-order valence-corrected chi connectivity index (χ1v) is 11.7. The Kier molecular flexibility index (Phi) is 13.0. The molecule has 0 fully saturated rings. The number of amides is 3. The van der Waals surface area contributed by atoms with Crippen LogP contribution in [0.3, 0.4) is 0 Å². The third kappa shape index (κ3) is 11.2. The van der Waals surface area contributed by atoms with Crippen LogP contribution < -0.4 is 33.2 Å². The molecule has 0 spiro atoms. The van der Waals surface area contributed by atoms with Crippen LogP contribution in [0.1, 0.15) is 32.3 Å². The van der Waals surface area contributed by atoms with Gasteiger partial charge in [0.25, 0.3) is 0 Å². The van der Waals surface area contributed by atoms with Gasteiger partial charge in [0.2, 0.25) is 17.7 Å². The van der Waals surface area contributed by atoms with Crippen molar-refractivity contribution in [3.63, 3.8) is 0 Å². The number of hydrogen-bond donors (Lipinski definition) is 9. The molecule has 1 aromatic rings. The zero-order valence-corrected chi connectivity index (χ0v) is 20.8. The molecule has 0 saturated heterocycles. The van der Waals surface area contributed by atoms with Crippen molar-refractivity contribution in [2.24, 2.45) is 22.2 Å². The van der Waals surface area contributed by atoms with Gasteiger partial charge in [0.1, 0.15) is 24.2 Å². The predicted molar refractivity (Wildman–Crippen MR) is 135 cm³/mol. The SMILES string of the molecule is CC(O)C(N)C(=O)NC(Cc1ccccc1)C(=O)NC(C(=O)NC(CCCN=C(N)N)C(=O)O)C(C)O. The van der Waals surface area contributed by atoms with E-state index in [1.54, 1.807) is 30.3 Å². The molecule has 6 atom stereocenters. The fourth-order valence-electron chi connectivity index (χ4n) is 3.23. The van der Waals surface area contributed by atoms with Gasteiger partial charge in [0.05, 0.1) is 12.2 Å². The molecule has 1 rings (SSSR count). The Morgan fingerprint density at radius 2 is 1.49 bits per heavy atom. The number of carbonyl (C=O) groups is 4. The molecular weight excluding hydrogens is 486 g/mol. The van der Waals surface area contributed by atoms with Crippen LogP contribution in [0.4, 0.5) is 0 Å². The first-order valence-electron chi connectivity index (χ1n) is 11.7. The number of nitrogens with one attached hydrogen (secondary N) is 3. The van der Waals surface area contributed by atoms with E-state index in [0.717, 1.165) is 0 Å². The summed E-state index contributed by atoms with van der Waals surface area (Å²) in [5.41, 5.74) is 16.8. The first kappa shape index (κ1) is 31.3. The minimum absolute atomic E-state index is 0.0117. The second-order valence-electron chi connectivity index (χ2n) is 8.59. The topological polar surface area (TPSA) is 255 Å². The van der Waals surface area contributed by atoms with Crippen molar-refractivity contribution < 1.29 is 34.5 Å². The molecule has 0 aliphatic heterocycles. The van der Waals surface area contributed by atoms with Gasteiger partial charge < -0.3 is 48.5 Å². The summed E-state index contributed by atoms with van der Waals surface area (Å²) in [6.45, 7) is 2.71. The summed E-state index contributed by atoms with van der Waals surface area (Å²) in [4.78, 5) is 53.7. The quantitative estimate of drug-likeness (QED) is 0.0636. The third-order valence-corrected chi connectivity index (χ3v) is 5.36. The van der Waals surface area contributed by atoms with E-state index in [-0.39, 0.29) is 31.8 Å². The number of carboxylic acids is 1. The van der Waals surface area contributed by atoms with Gasteiger partial charge in [-0.15, -0.1) is 0 Å². The second kappa shape index (κ2) is 15.4. The van der Waals surface area contributed by atoms with Gasteiger partial charge in [0.15, 0.2) is 5.96 Å². The lowest BCUT2D eigenvalue weighted by molar-refractivity contribution is -0.143. The highest BCUT2D eigenvalue weighted by Crippen LogP contribution is 2.07. The standard InChI is InChI=1S/C23H37N7O7/c1-12(31)17(24)20(34)29-16(11-14-7-4-3-5-8-14)19(33)30-18(13(2)32)21(35)28-15(22(36)37)9-6-10-27-23(25)26/h3-5,7-8,12-13,15-18,31-32H,6,9-11,24H2,1-2H3,(H,28,35)(H,29,34)(H,30,33)(H,36,37)(H4,25,26,27). The number of aliphatic carboxylic acids is 1. The van der Waals surface area contributed by atoms with E-state index in [4.69, 9.17) is 17.2 Å². The molecule has 0 radical (unpaired) electrons. The summed E-state index contributed by atoms with van der Waals surface area (Å²) in [6, 6.07) is 3.29. The van der Waals surface area contributed by atoms with Crippen molar-refractivity contribution in [3.05, 3.63) is 35.9 Å². The zero-order valence-electron chi connectivity index (χ0n) is 20.8. The number of nitrogens with two attached hydrogens (primary N) is 3. The van der Waals surface area contributed by atoms with Crippen LogP contribution >= 0.6 is 0 Å². The molecule has 14 nitrogen and oxygen atoms in total. The maximum Gasteiger partial charge on any atom is 0.326 e. The van der Waals surface area contributed by atoms with Gasteiger partial charge in [0, 0.05) is 13.0 Å². The zero-order chi connectivity index (χ0) is 28.1. The largest absolute Gasteiger partial charge is 0.480 e. The maximum absolute atomic E-state index is 13.1. The number of aliphatic imine (C=N–C) groups is 1. The predicted octanol–water partition coefficient (Wildman–Crippen LogP) is -3.09. The highest BCUT2D eigenvalue weighted by Gasteiger charge is 2.33. The van der Waals surface area contributed by atoms with Crippen molar-refractivity contribution in [1.82, 2.24) is 16.0 Å². The van der Waals surface area contributed by atoms with Crippen LogP contribution in [0.15, 0.2) is 35.3 Å². The van der Waals surface area contributed by atoms with E-state index >= 15 is 0 Å². The molecule has 0 saturated carbocycles. The Bertz CT molecular complexity index is 937. The molecule has 0 heterocycles. The molecule has 0 aliphatic rings. The third-order valence-electron chi connectivity index (χ3n) is 5.36. The molecule has 37 heavy (non-hydrogen) atoms. The molecule has 3 amide bonds. The van der Waals surface area contributed by atoms with Gasteiger partial charge in [-0.25, -0.2) is 4.79 Å². The molecule has 0 aliphatic carbocycles. The van der Waals surface area contributed by atoms with Crippen molar-refractivity contribution in [2.75, 3.05) is 6.54 Å². The number of aliphatic hydroxyl groups is 2. The Balaban J connectivity index is 3.01. The average molecular weight is 524 g/mol. The van der Waals surface area contributed by atoms with Crippen LogP contribution in [0.25, 0.3) is 0 Å². The molecule has 0 aromatic heterocycles. The lowest BCUT2D eigenvalue weighted by Crippen LogP contribution is -2.60. The minimum Gasteiger partial charge on any atom is -0.480 e. The average Bonchev–Trinajstić information content (AvgIpc) is 2.83. The number of nitrogens with zero attached hydrogens (tertiary/aromatic N) is 1. The molecule has 6 unspecified atom stereocenters. The fourth-order valence-corrected chi connectivity index (χ4v) is 3.23. The molecule has 14 heteroatoms. The van der Waals surface area contributed by atoms with Gasteiger partial charge in [-0.1, -0.05) is 30.3 Å². The van der Waals surface area contributed by atoms with Crippen LogP contribution in [0.2, 0.25) is 0 Å². The molecule has 12 N–H and O–H groups in total. The van der Waals surface area contributed by atoms with Crippen molar-refractivity contribution in [1.29, 1.82) is 0 Å². The number of benzene rings is 1. The van der Waals surface area contributed by atoms with Crippen molar-refractivity contribution in [3.8, 4) is 0 Å². The summed E-state index contributed by atoms with van der Waals surface area (Å²) in [7, 11) is 0. The van der Waals surface area contributed by atoms with Crippen LogP contribution in [0, 0.1) is 0 Å². The molecule has 206 valence electrons. The summed E-state index contributed by atoms with van der Waals surface area (Å²) >= 11 is 0. The van der Waals surface area contributed by atoms with Gasteiger partial charge in [-0.2, -0.15) is 0 Å². The van der Waals surface area contributed by atoms with Crippen molar-refractivity contribution >= 4 is 29.7 Å². The van der Waals surface area contributed by atoms with E-state index in [0.29, 0.717) is 5.56 Å². The molecular formula is C23H37N7O7. The Morgan fingerprint density at radius 3 is 2.00 bits per heavy atom. The monoisotopic (exact) mass is 523 g/mol. The smallest absolute Gasteiger partial charge is 0.326 e. The number of carbonyl (C=O) groups excluding carboxylic acids is 3. The van der Waals surface area contributed by atoms with Crippen LogP contribution in [0.5, 0.6) is 0 Å². The second-order valence-corrected chi connectivity index (χ2v) is 8.59. The highest BCUT2D eigenvalue weighted by atomic mass is 16.4. The van der Waals surface area contributed by atoms with Gasteiger partial charge in [-0.3, -0.25) is 19.4 Å². The number of carboxylic acid groups (broad SMARTS) is 1. The van der Waals surface area contributed by atoms with E-state index in [1.807, 2.05) is 0 Å². The maximum atomic E-state index is 13.1. The number of rotatable bonds is 15. The lowest BCUT2D eigenvalue weighted by atomic mass is 10.0. The van der Waals surface area contributed by atoms with Crippen LogP contribution in [-0.4, -0.2) is 87.9 Å². The van der Waals surface area contributed by atoms with Gasteiger partial charge in [-0.05, 0) is 32.3 Å². The van der Waals surface area contributed by atoms with E-state index in [2.05, 4.69) is 20.9 Å². The highest BCUT2D eigenvalue weighted by molar-refractivity contribution is 5.94. The normalized spacial score (nSPS) is 15.7. The van der Waals surface area contributed by atoms with E-state index in [1.165, 1.54) is 13.8 Å². The molecule has 1 aromatic carbocycles. The summed E-state index contributed by atoms with van der Waals surface area (Å²) < 4.78 is 0. The number of aliphatic hydroxyl groups excluding tert-OH is 2. The number of hydrogen-bond acceptors (Lipinski definition) is 8. The Hall–Kier alpha value is -3.75. The Morgan fingerprint density at radius 1 is 0.892 bits per heavy atom. The minimum atomic E-state index is -1.53.